The highest BCUT2D eigenvalue weighted by Crippen LogP contribution is 2.33. The Hall–Kier alpha value is -2.27. The van der Waals surface area contributed by atoms with Gasteiger partial charge in [0.15, 0.2) is 0 Å². The van der Waals surface area contributed by atoms with Crippen molar-refractivity contribution in [2.24, 2.45) is 0 Å². The molecule has 1 unspecified atom stereocenters. The molecule has 0 radical (unpaired) electrons. The van der Waals surface area contributed by atoms with Crippen molar-refractivity contribution in [3.63, 3.8) is 0 Å². The van der Waals surface area contributed by atoms with Crippen molar-refractivity contribution in [2.75, 3.05) is 5.88 Å². The van der Waals surface area contributed by atoms with E-state index in [1.165, 1.54) is 6.26 Å². The van der Waals surface area contributed by atoms with Crippen LogP contribution in [0.5, 0.6) is 5.88 Å². The molecule has 0 aliphatic carbocycles. The number of nitriles is 1. The third kappa shape index (κ3) is 3.93. The first-order chi connectivity index (χ1) is 10.9. The van der Waals surface area contributed by atoms with E-state index in [1.54, 1.807) is 13.0 Å². The molecule has 0 fully saturated rings. The Balaban J connectivity index is 2.39. The lowest BCUT2D eigenvalue weighted by molar-refractivity contribution is -0.141. The Morgan fingerprint density at radius 2 is 2.17 bits per heavy atom. The molecule has 2 rings (SSSR count). The fourth-order valence-electron chi connectivity index (χ4n) is 1.89. The van der Waals surface area contributed by atoms with Crippen molar-refractivity contribution in [1.82, 2.24) is 10.1 Å². The smallest absolute Gasteiger partial charge is 0.433 e. The van der Waals surface area contributed by atoms with Gasteiger partial charge in [-0.1, -0.05) is 5.16 Å². The number of aromatic nitrogens is 2. The zero-order valence-corrected chi connectivity index (χ0v) is 12.6. The highest BCUT2D eigenvalue weighted by molar-refractivity contribution is 6.17. The van der Waals surface area contributed by atoms with Crippen molar-refractivity contribution in [3.05, 3.63) is 40.9 Å². The van der Waals surface area contributed by atoms with E-state index in [4.69, 9.17) is 26.1 Å². The SMILES string of the molecule is Cc1nocc1C(CCCl)Oc1nc(C(F)(F)F)ccc1C#N. The minimum atomic E-state index is -4.64. The molecule has 9 heteroatoms. The zero-order chi connectivity index (χ0) is 17.0. The number of halogens is 4. The van der Waals surface area contributed by atoms with E-state index in [-0.39, 0.29) is 17.9 Å². The molecular weight excluding hydrogens is 335 g/mol. The summed E-state index contributed by atoms with van der Waals surface area (Å²) < 4.78 is 48.7. The van der Waals surface area contributed by atoms with Gasteiger partial charge in [-0.05, 0) is 19.1 Å². The molecule has 0 aliphatic rings. The maximum atomic E-state index is 12.8. The molecule has 2 aromatic rings. The largest absolute Gasteiger partial charge is 0.468 e. The first-order valence-corrected chi connectivity index (χ1v) is 7.02. The van der Waals surface area contributed by atoms with Gasteiger partial charge in [-0.15, -0.1) is 11.6 Å². The highest BCUT2D eigenvalue weighted by Gasteiger charge is 2.34. The predicted octanol–water partition coefficient (Wildman–Crippen LogP) is 4.02. The summed E-state index contributed by atoms with van der Waals surface area (Å²) in [5.74, 6) is -0.214. The minimum absolute atomic E-state index is 0.105. The maximum Gasteiger partial charge on any atom is 0.433 e. The number of alkyl halides is 4. The molecule has 122 valence electrons. The molecule has 0 bridgehead atoms. The standard InChI is InChI=1S/C14H11ClF3N3O2/c1-8-10(7-22-21-8)11(4-5-15)23-13-9(6-19)2-3-12(20-13)14(16,17)18/h2-3,7,11H,4-5H2,1H3. The van der Waals surface area contributed by atoms with Gasteiger partial charge in [-0.2, -0.15) is 18.4 Å². The van der Waals surface area contributed by atoms with Gasteiger partial charge in [0.05, 0.1) is 11.3 Å². The van der Waals surface area contributed by atoms with Crippen molar-refractivity contribution < 1.29 is 22.4 Å². The van der Waals surface area contributed by atoms with Gasteiger partial charge < -0.3 is 9.26 Å². The molecular formula is C14H11ClF3N3O2. The molecule has 23 heavy (non-hydrogen) atoms. The van der Waals surface area contributed by atoms with Crippen LogP contribution in [0.4, 0.5) is 13.2 Å². The van der Waals surface area contributed by atoms with Gasteiger partial charge in [0, 0.05) is 12.3 Å². The summed E-state index contributed by atoms with van der Waals surface area (Å²) >= 11 is 5.71. The third-order valence-electron chi connectivity index (χ3n) is 3.03. The van der Waals surface area contributed by atoms with Crippen LogP contribution in [0.3, 0.4) is 0 Å². The van der Waals surface area contributed by atoms with Crippen LogP contribution >= 0.6 is 11.6 Å². The first-order valence-electron chi connectivity index (χ1n) is 6.48. The average Bonchev–Trinajstić information content (AvgIpc) is 2.92. The molecule has 0 saturated carbocycles. The second kappa shape index (κ2) is 6.87. The summed E-state index contributed by atoms with van der Waals surface area (Å²) in [6, 6.07) is 3.50. The maximum absolute atomic E-state index is 12.8. The number of hydrogen-bond acceptors (Lipinski definition) is 5. The quantitative estimate of drug-likeness (QED) is 0.765. The molecule has 0 saturated heterocycles. The van der Waals surface area contributed by atoms with E-state index in [0.717, 1.165) is 12.1 Å². The second-order valence-corrected chi connectivity index (χ2v) is 4.98. The summed E-state index contributed by atoms with van der Waals surface area (Å²) in [4.78, 5) is 3.41. The lowest BCUT2D eigenvalue weighted by atomic mass is 10.1. The predicted molar refractivity (Wildman–Crippen MR) is 73.9 cm³/mol. The third-order valence-corrected chi connectivity index (χ3v) is 3.25. The van der Waals surface area contributed by atoms with Gasteiger partial charge in [-0.25, -0.2) is 4.98 Å². The number of hydrogen-bond donors (Lipinski definition) is 0. The first kappa shape index (κ1) is 17.1. The Kier molecular flexibility index (Phi) is 5.11. The fourth-order valence-corrected chi connectivity index (χ4v) is 2.09. The van der Waals surface area contributed by atoms with Crippen LogP contribution in [-0.2, 0) is 6.18 Å². The molecule has 0 aliphatic heterocycles. The minimum Gasteiger partial charge on any atom is -0.468 e. The van der Waals surface area contributed by atoms with E-state index in [9.17, 15) is 13.2 Å². The Morgan fingerprint density at radius 3 is 2.70 bits per heavy atom. The summed E-state index contributed by atoms with van der Waals surface area (Å²) in [7, 11) is 0. The van der Waals surface area contributed by atoms with E-state index < -0.39 is 23.9 Å². The average molecular weight is 346 g/mol. The van der Waals surface area contributed by atoms with E-state index in [0.29, 0.717) is 11.3 Å². The summed E-state index contributed by atoms with van der Waals surface area (Å²) in [5.41, 5.74) is -0.191. The van der Waals surface area contributed by atoms with Crippen LogP contribution in [-0.4, -0.2) is 16.0 Å². The Bertz CT molecular complexity index is 725. The van der Waals surface area contributed by atoms with Gasteiger partial charge in [-0.3, -0.25) is 0 Å². The Labute approximate surface area is 134 Å². The molecule has 2 heterocycles. The molecule has 1 atom stereocenters. The monoisotopic (exact) mass is 345 g/mol. The molecule has 2 aromatic heterocycles. The molecule has 0 amide bonds. The van der Waals surface area contributed by atoms with Crippen LogP contribution in [0, 0.1) is 18.3 Å². The lowest BCUT2D eigenvalue weighted by Crippen LogP contribution is -2.14. The van der Waals surface area contributed by atoms with Crippen LogP contribution in [0.2, 0.25) is 0 Å². The van der Waals surface area contributed by atoms with E-state index >= 15 is 0 Å². The molecule has 5 nitrogen and oxygen atoms in total. The summed E-state index contributed by atoms with van der Waals surface area (Å²) in [6.45, 7) is 1.66. The van der Waals surface area contributed by atoms with Crippen molar-refractivity contribution in [3.8, 4) is 11.9 Å². The summed E-state index contributed by atoms with van der Waals surface area (Å²) in [5, 5.41) is 12.7. The van der Waals surface area contributed by atoms with E-state index in [2.05, 4.69) is 10.1 Å². The lowest BCUT2D eigenvalue weighted by Gasteiger charge is -2.18. The number of aryl methyl sites for hydroxylation is 1. The highest BCUT2D eigenvalue weighted by atomic mass is 35.5. The van der Waals surface area contributed by atoms with E-state index in [1.807, 2.05) is 0 Å². The van der Waals surface area contributed by atoms with Gasteiger partial charge in [0.1, 0.15) is 29.7 Å². The van der Waals surface area contributed by atoms with Gasteiger partial charge in [0.2, 0.25) is 5.88 Å². The number of pyridine rings is 1. The molecule has 0 aromatic carbocycles. The normalized spacial score (nSPS) is 12.7. The van der Waals surface area contributed by atoms with Crippen LogP contribution < -0.4 is 4.74 Å². The van der Waals surface area contributed by atoms with Crippen molar-refractivity contribution in [1.29, 1.82) is 5.26 Å². The van der Waals surface area contributed by atoms with Crippen molar-refractivity contribution >= 4 is 11.6 Å². The molecule has 0 spiro atoms. The number of nitrogens with zero attached hydrogens (tertiary/aromatic N) is 3. The van der Waals surface area contributed by atoms with Crippen LogP contribution in [0.15, 0.2) is 22.9 Å². The van der Waals surface area contributed by atoms with Crippen LogP contribution in [0.1, 0.15) is 35.0 Å². The Morgan fingerprint density at radius 1 is 1.43 bits per heavy atom. The number of ether oxygens (including phenoxy) is 1. The number of rotatable bonds is 5. The topological polar surface area (TPSA) is 71.9 Å². The van der Waals surface area contributed by atoms with Gasteiger partial charge in [0.25, 0.3) is 0 Å². The second-order valence-electron chi connectivity index (χ2n) is 4.60. The van der Waals surface area contributed by atoms with Crippen molar-refractivity contribution in [2.45, 2.75) is 25.6 Å². The van der Waals surface area contributed by atoms with Gasteiger partial charge >= 0.3 is 6.18 Å². The molecule has 0 N–H and O–H groups in total. The summed E-state index contributed by atoms with van der Waals surface area (Å²) in [6.07, 6.45) is -3.75. The zero-order valence-electron chi connectivity index (χ0n) is 11.9. The van der Waals surface area contributed by atoms with Crippen LogP contribution in [0.25, 0.3) is 0 Å². The fraction of sp³-hybridized carbons (Fsp3) is 0.357.